The second-order valence-corrected chi connectivity index (χ2v) is 8.01. The van der Waals surface area contributed by atoms with Crippen LogP contribution < -0.4 is 15.4 Å². The molecule has 3 aromatic rings. The van der Waals surface area contributed by atoms with E-state index in [4.69, 9.17) is 4.74 Å². The summed E-state index contributed by atoms with van der Waals surface area (Å²) in [5.41, 5.74) is 2.68. The van der Waals surface area contributed by atoms with Gasteiger partial charge >= 0.3 is 0 Å². The highest BCUT2D eigenvalue weighted by Gasteiger charge is 2.27. The van der Waals surface area contributed by atoms with Gasteiger partial charge in [-0.1, -0.05) is 12.6 Å². The first-order valence-electron chi connectivity index (χ1n) is 10.1. The highest BCUT2D eigenvalue weighted by Crippen LogP contribution is 2.32. The molecule has 7 heteroatoms. The molecule has 0 radical (unpaired) electrons. The molecule has 0 aliphatic carbocycles. The maximum Gasteiger partial charge on any atom is 0.222 e. The number of halogens is 1. The summed E-state index contributed by atoms with van der Waals surface area (Å²) >= 11 is 0. The summed E-state index contributed by atoms with van der Waals surface area (Å²) in [7, 11) is 1.76. The first-order chi connectivity index (χ1) is 14.7. The zero-order valence-electron chi connectivity index (χ0n) is 18.5. The van der Waals surface area contributed by atoms with Crippen LogP contribution >= 0.6 is 0 Å². The number of anilines is 2. The summed E-state index contributed by atoms with van der Waals surface area (Å²) < 4.78 is 20.6. The number of rotatable bonds is 8. The lowest BCUT2D eigenvalue weighted by Crippen LogP contribution is -2.26. The third-order valence-corrected chi connectivity index (χ3v) is 4.95. The van der Waals surface area contributed by atoms with Crippen molar-refractivity contribution in [2.24, 2.45) is 0 Å². The molecule has 0 bridgehead atoms. The van der Waals surface area contributed by atoms with Gasteiger partial charge in [-0.15, -0.1) is 0 Å². The fourth-order valence-electron chi connectivity index (χ4n) is 3.01. The highest BCUT2D eigenvalue weighted by molar-refractivity contribution is 5.67. The van der Waals surface area contributed by atoms with Crippen LogP contribution in [0.5, 0.6) is 5.75 Å². The van der Waals surface area contributed by atoms with E-state index in [2.05, 4.69) is 32.2 Å². The van der Waals surface area contributed by atoms with Crippen molar-refractivity contribution in [1.29, 1.82) is 0 Å². The van der Waals surface area contributed by atoms with Crippen LogP contribution in [0.2, 0.25) is 0 Å². The SMILES string of the molecule is C=C(Nc1ccc(-c2cncc(OC(C)C)c2)cc1F)C(C)(C)c1ccnc(NC)n1. The van der Waals surface area contributed by atoms with Gasteiger partial charge in [0.25, 0.3) is 0 Å². The molecule has 0 unspecified atom stereocenters. The number of aromatic nitrogens is 3. The van der Waals surface area contributed by atoms with E-state index in [9.17, 15) is 4.39 Å². The number of pyridine rings is 1. The number of nitrogens with zero attached hydrogens (tertiary/aromatic N) is 3. The first kappa shape index (κ1) is 22.2. The number of hydrogen-bond donors (Lipinski definition) is 2. The minimum atomic E-state index is -0.550. The van der Waals surface area contributed by atoms with Gasteiger partial charge in [-0.3, -0.25) is 4.98 Å². The maximum absolute atomic E-state index is 14.9. The van der Waals surface area contributed by atoms with Crippen molar-refractivity contribution in [3.63, 3.8) is 0 Å². The summed E-state index contributed by atoms with van der Waals surface area (Å²) in [6.07, 6.45) is 5.05. The first-order valence-corrected chi connectivity index (χ1v) is 10.1. The fraction of sp³-hybridized carbons (Fsp3) is 0.292. The number of ether oxygens (including phenoxy) is 1. The Bertz CT molecular complexity index is 1080. The van der Waals surface area contributed by atoms with E-state index in [1.54, 1.807) is 31.7 Å². The quantitative estimate of drug-likeness (QED) is 0.507. The van der Waals surface area contributed by atoms with Gasteiger partial charge in [0.2, 0.25) is 5.95 Å². The Hall–Kier alpha value is -3.48. The van der Waals surface area contributed by atoms with E-state index in [1.165, 1.54) is 6.07 Å². The Morgan fingerprint density at radius 3 is 2.58 bits per heavy atom. The molecule has 2 heterocycles. The molecule has 0 aliphatic rings. The van der Waals surface area contributed by atoms with Crippen molar-refractivity contribution in [2.75, 3.05) is 17.7 Å². The summed E-state index contributed by atoms with van der Waals surface area (Å²) in [5, 5.41) is 6.04. The summed E-state index contributed by atoms with van der Waals surface area (Å²) in [6.45, 7) is 12.0. The maximum atomic E-state index is 14.9. The number of benzene rings is 1. The van der Waals surface area contributed by atoms with Gasteiger partial charge in [-0.05, 0) is 57.5 Å². The van der Waals surface area contributed by atoms with Crippen molar-refractivity contribution >= 4 is 11.6 Å². The second kappa shape index (κ2) is 9.12. The third kappa shape index (κ3) is 5.17. The monoisotopic (exact) mass is 421 g/mol. The van der Waals surface area contributed by atoms with Crippen LogP contribution in [0, 0.1) is 5.82 Å². The van der Waals surface area contributed by atoms with Crippen LogP contribution in [-0.2, 0) is 5.41 Å². The van der Waals surface area contributed by atoms with Gasteiger partial charge in [-0.2, -0.15) is 0 Å². The fourth-order valence-corrected chi connectivity index (χ4v) is 3.01. The van der Waals surface area contributed by atoms with Gasteiger partial charge in [-0.25, -0.2) is 14.4 Å². The molecule has 6 nitrogen and oxygen atoms in total. The lowest BCUT2D eigenvalue weighted by atomic mass is 9.85. The molecule has 0 saturated carbocycles. The number of nitrogens with one attached hydrogen (secondary N) is 2. The molecule has 2 N–H and O–H groups in total. The summed E-state index contributed by atoms with van der Waals surface area (Å²) in [4.78, 5) is 12.8. The van der Waals surface area contributed by atoms with Crippen LogP contribution in [0.1, 0.15) is 33.4 Å². The zero-order chi connectivity index (χ0) is 22.6. The third-order valence-electron chi connectivity index (χ3n) is 4.95. The van der Waals surface area contributed by atoms with Crippen molar-refractivity contribution in [1.82, 2.24) is 15.0 Å². The average molecular weight is 422 g/mol. The number of hydrogen-bond acceptors (Lipinski definition) is 6. The van der Waals surface area contributed by atoms with Crippen molar-refractivity contribution in [2.45, 2.75) is 39.2 Å². The predicted octanol–water partition coefficient (Wildman–Crippen LogP) is 5.41. The van der Waals surface area contributed by atoms with E-state index < -0.39 is 5.41 Å². The van der Waals surface area contributed by atoms with Crippen molar-refractivity contribution in [3.8, 4) is 16.9 Å². The van der Waals surface area contributed by atoms with Gasteiger partial charge < -0.3 is 15.4 Å². The minimum absolute atomic E-state index is 0.0359. The van der Waals surface area contributed by atoms with Crippen molar-refractivity contribution in [3.05, 3.63) is 72.7 Å². The molecule has 2 aromatic heterocycles. The van der Waals surface area contributed by atoms with Crippen LogP contribution in [0.15, 0.2) is 61.2 Å². The van der Waals surface area contributed by atoms with E-state index >= 15 is 0 Å². The van der Waals surface area contributed by atoms with Crippen LogP contribution in [0.4, 0.5) is 16.0 Å². The molecule has 0 atom stereocenters. The minimum Gasteiger partial charge on any atom is -0.489 e. The number of allylic oxidation sites excluding steroid dienone is 1. The lowest BCUT2D eigenvalue weighted by Gasteiger charge is -2.28. The average Bonchev–Trinajstić information content (AvgIpc) is 2.74. The van der Waals surface area contributed by atoms with Crippen LogP contribution in [-0.4, -0.2) is 28.1 Å². The van der Waals surface area contributed by atoms with Crippen molar-refractivity contribution < 1.29 is 9.13 Å². The topological polar surface area (TPSA) is 72.0 Å². The standard InChI is InChI=1S/C24H28FN5O/c1-15(2)31-19-11-18(13-27-14-19)17-7-8-21(20(25)12-17)29-16(3)24(4,5)22-9-10-28-23(26-6)30-22/h7-15,29H,3H2,1-2,4-6H3,(H,26,28,30). The molecule has 0 saturated heterocycles. The predicted molar refractivity (Wildman–Crippen MR) is 123 cm³/mol. The molecule has 0 aliphatic heterocycles. The Kier molecular flexibility index (Phi) is 6.53. The molecule has 0 amide bonds. The molecule has 31 heavy (non-hydrogen) atoms. The molecule has 3 rings (SSSR count). The van der Waals surface area contributed by atoms with E-state index in [-0.39, 0.29) is 11.9 Å². The largest absolute Gasteiger partial charge is 0.489 e. The molecular weight excluding hydrogens is 393 g/mol. The van der Waals surface area contributed by atoms with Crippen LogP contribution in [0.25, 0.3) is 11.1 Å². The lowest BCUT2D eigenvalue weighted by molar-refractivity contribution is 0.241. The van der Waals surface area contributed by atoms with Gasteiger partial charge in [0.1, 0.15) is 11.6 Å². The van der Waals surface area contributed by atoms with Gasteiger partial charge in [0, 0.05) is 36.1 Å². The van der Waals surface area contributed by atoms with Gasteiger partial charge in [0.15, 0.2) is 0 Å². The van der Waals surface area contributed by atoms with E-state index in [0.717, 1.165) is 11.3 Å². The molecular formula is C24H28FN5O. The summed E-state index contributed by atoms with van der Waals surface area (Å²) in [6, 6.07) is 8.69. The van der Waals surface area contributed by atoms with E-state index in [0.29, 0.717) is 28.6 Å². The van der Waals surface area contributed by atoms with E-state index in [1.807, 2.05) is 45.9 Å². The Balaban J connectivity index is 1.81. The smallest absolute Gasteiger partial charge is 0.222 e. The second-order valence-electron chi connectivity index (χ2n) is 8.01. The highest BCUT2D eigenvalue weighted by atomic mass is 19.1. The van der Waals surface area contributed by atoms with Crippen LogP contribution in [0.3, 0.4) is 0 Å². The van der Waals surface area contributed by atoms with Gasteiger partial charge in [0.05, 0.1) is 23.7 Å². The Labute approximate surface area is 182 Å². The molecule has 0 spiro atoms. The zero-order valence-corrected chi connectivity index (χ0v) is 18.5. The molecule has 162 valence electrons. The summed E-state index contributed by atoms with van der Waals surface area (Å²) in [5.74, 6) is 0.783. The normalized spacial score (nSPS) is 11.3. The Morgan fingerprint density at radius 1 is 1.13 bits per heavy atom. The Morgan fingerprint density at radius 2 is 1.90 bits per heavy atom. The molecule has 0 fully saturated rings. The molecule has 1 aromatic carbocycles.